The summed E-state index contributed by atoms with van der Waals surface area (Å²) in [5.74, 6) is 5.31. The van der Waals surface area contributed by atoms with Crippen molar-refractivity contribution in [2.24, 2.45) is 5.84 Å². The van der Waals surface area contributed by atoms with E-state index in [-0.39, 0.29) is 6.04 Å². The molecule has 12 heavy (non-hydrogen) atoms. The van der Waals surface area contributed by atoms with Crippen LogP contribution in [0, 0.1) is 0 Å². The Kier molecular flexibility index (Phi) is 4.29. The Labute approximate surface area is 73.9 Å². The third-order valence-corrected chi connectivity index (χ3v) is 2.32. The first-order valence-corrected chi connectivity index (χ1v) is 4.57. The van der Waals surface area contributed by atoms with E-state index in [9.17, 15) is 0 Å². The fraction of sp³-hybridized carbons (Fsp3) is 0.778. The van der Waals surface area contributed by atoms with Gasteiger partial charge >= 0.3 is 0 Å². The number of nitrogens with two attached hydrogens (primary N) is 1. The molecule has 1 aliphatic heterocycles. The summed E-state index contributed by atoms with van der Waals surface area (Å²) in [5.41, 5.74) is 2.70. The summed E-state index contributed by atoms with van der Waals surface area (Å²) in [5, 5.41) is 0. The molecular weight excluding hydrogens is 152 g/mol. The van der Waals surface area contributed by atoms with Gasteiger partial charge in [-0.05, 0) is 25.7 Å². The van der Waals surface area contributed by atoms with Crippen LogP contribution >= 0.6 is 0 Å². The minimum absolute atomic E-state index is 0.231. The smallest absolute Gasteiger partial charge is 0.0576 e. The standard InChI is InChI=1S/C9H18N2O/c1-2-8(11-10)5-6-9-4-3-7-12-9/h2,8-9,11H,1,3-7,10H2. The minimum atomic E-state index is 0.231. The molecule has 1 heterocycles. The average molecular weight is 170 g/mol. The number of hydrazine groups is 1. The van der Waals surface area contributed by atoms with E-state index in [1.807, 2.05) is 6.08 Å². The lowest BCUT2D eigenvalue weighted by atomic mass is 10.1. The highest BCUT2D eigenvalue weighted by atomic mass is 16.5. The minimum Gasteiger partial charge on any atom is -0.378 e. The molecule has 0 aliphatic carbocycles. The average Bonchev–Trinajstić information content (AvgIpc) is 2.59. The van der Waals surface area contributed by atoms with E-state index < -0.39 is 0 Å². The zero-order valence-electron chi connectivity index (χ0n) is 7.46. The van der Waals surface area contributed by atoms with Crippen LogP contribution < -0.4 is 11.3 Å². The predicted octanol–water partition coefficient (Wildman–Crippen LogP) is 0.964. The van der Waals surface area contributed by atoms with Gasteiger partial charge in [-0.15, -0.1) is 6.58 Å². The number of nitrogens with one attached hydrogen (secondary N) is 1. The summed E-state index contributed by atoms with van der Waals surface area (Å²) < 4.78 is 5.49. The number of hydrogen-bond acceptors (Lipinski definition) is 3. The summed E-state index contributed by atoms with van der Waals surface area (Å²) in [6.07, 6.45) is 6.81. The van der Waals surface area contributed by atoms with Gasteiger partial charge in [-0.2, -0.15) is 0 Å². The van der Waals surface area contributed by atoms with Crippen LogP contribution in [0.4, 0.5) is 0 Å². The molecule has 2 atom stereocenters. The number of ether oxygens (including phenoxy) is 1. The van der Waals surface area contributed by atoms with Crippen molar-refractivity contribution in [1.82, 2.24) is 5.43 Å². The van der Waals surface area contributed by atoms with Crippen LogP contribution in [-0.2, 0) is 4.74 Å². The van der Waals surface area contributed by atoms with Crippen LogP contribution in [0.15, 0.2) is 12.7 Å². The van der Waals surface area contributed by atoms with Gasteiger partial charge in [-0.3, -0.25) is 11.3 Å². The molecule has 0 radical (unpaired) electrons. The quantitative estimate of drug-likeness (QED) is 0.367. The van der Waals surface area contributed by atoms with Gasteiger partial charge in [0.05, 0.1) is 6.10 Å². The van der Waals surface area contributed by atoms with Crippen LogP contribution in [0.2, 0.25) is 0 Å². The molecule has 3 N–H and O–H groups in total. The zero-order valence-corrected chi connectivity index (χ0v) is 7.46. The number of rotatable bonds is 5. The second-order valence-electron chi connectivity index (χ2n) is 3.22. The summed E-state index contributed by atoms with van der Waals surface area (Å²) in [6, 6.07) is 0.231. The van der Waals surface area contributed by atoms with Gasteiger partial charge in [-0.1, -0.05) is 6.08 Å². The van der Waals surface area contributed by atoms with Crippen molar-refractivity contribution in [3.8, 4) is 0 Å². The Hall–Kier alpha value is -0.380. The summed E-state index contributed by atoms with van der Waals surface area (Å²) in [7, 11) is 0. The second-order valence-corrected chi connectivity index (χ2v) is 3.22. The maximum Gasteiger partial charge on any atom is 0.0576 e. The molecule has 3 nitrogen and oxygen atoms in total. The fourth-order valence-electron chi connectivity index (χ4n) is 1.51. The lowest BCUT2D eigenvalue weighted by molar-refractivity contribution is 0.101. The van der Waals surface area contributed by atoms with Crippen molar-refractivity contribution in [3.05, 3.63) is 12.7 Å². The lowest BCUT2D eigenvalue weighted by Crippen LogP contribution is -2.33. The first kappa shape index (κ1) is 9.71. The van der Waals surface area contributed by atoms with Crippen molar-refractivity contribution in [2.75, 3.05) is 6.61 Å². The van der Waals surface area contributed by atoms with E-state index in [2.05, 4.69) is 12.0 Å². The Morgan fingerprint density at radius 1 is 1.75 bits per heavy atom. The van der Waals surface area contributed by atoms with Crippen molar-refractivity contribution < 1.29 is 4.74 Å². The van der Waals surface area contributed by atoms with E-state index in [0.29, 0.717) is 6.10 Å². The topological polar surface area (TPSA) is 47.3 Å². The van der Waals surface area contributed by atoms with Crippen LogP contribution in [-0.4, -0.2) is 18.8 Å². The summed E-state index contributed by atoms with van der Waals surface area (Å²) >= 11 is 0. The van der Waals surface area contributed by atoms with Gasteiger partial charge in [-0.25, -0.2) is 0 Å². The monoisotopic (exact) mass is 170 g/mol. The molecular formula is C9H18N2O. The SMILES string of the molecule is C=CC(CCC1CCCO1)NN. The summed E-state index contributed by atoms with van der Waals surface area (Å²) in [4.78, 5) is 0. The maximum absolute atomic E-state index is 5.49. The molecule has 0 spiro atoms. The van der Waals surface area contributed by atoms with Crippen molar-refractivity contribution in [3.63, 3.8) is 0 Å². The Bertz CT molecular complexity index is 132. The molecule has 2 unspecified atom stereocenters. The normalized spacial score (nSPS) is 25.6. The van der Waals surface area contributed by atoms with E-state index in [0.717, 1.165) is 19.4 Å². The van der Waals surface area contributed by atoms with Gasteiger partial charge in [0, 0.05) is 12.6 Å². The Morgan fingerprint density at radius 3 is 3.08 bits per heavy atom. The highest BCUT2D eigenvalue weighted by Gasteiger charge is 2.16. The molecule has 0 bridgehead atoms. The Balaban J connectivity index is 2.10. The zero-order chi connectivity index (χ0) is 8.81. The van der Waals surface area contributed by atoms with Crippen molar-refractivity contribution >= 4 is 0 Å². The van der Waals surface area contributed by atoms with E-state index >= 15 is 0 Å². The molecule has 0 aromatic carbocycles. The summed E-state index contributed by atoms with van der Waals surface area (Å²) in [6.45, 7) is 4.62. The molecule has 1 rings (SSSR count). The van der Waals surface area contributed by atoms with Gasteiger partial charge < -0.3 is 4.74 Å². The van der Waals surface area contributed by atoms with Crippen LogP contribution in [0.25, 0.3) is 0 Å². The largest absolute Gasteiger partial charge is 0.378 e. The highest BCUT2D eigenvalue weighted by molar-refractivity contribution is 4.84. The number of hydrogen-bond donors (Lipinski definition) is 2. The molecule has 0 aromatic heterocycles. The predicted molar refractivity (Wildman–Crippen MR) is 49.5 cm³/mol. The molecule has 70 valence electrons. The van der Waals surface area contributed by atoms with Crippen LogP contribution in [0.5, 0.6) is 0 Å². The van der Waals surface area contributed by atoms with Crippen molar-refractivity contribution in [1.29, 1.82) is 0 Å². The first-order valence-electron chi connectivity index (χ1n) is 4.57. The molecule has 0 amide bonds. The van der Waals surface area contributed by atoms with E-state index in [4.69, 9.17) is 10.6 Å². The highest BCUT2D eigenvalue weighted by Crippen LogP contribution is 2.17. The lowest BCUT2D eigenvalue weighted by Gasteiger charge is -2.13. The third-order valence-electron chi connectivity index (χ3n) is 2.32. The van der Waals surface area contributed by atoms with Crippen LogP contribution in [0.1, 0.15) is 25.7 Å². The first-order chi connectivity index (χ1) is 5.86. The van der Waals surface area contributed by atoms with Crippen molar-refractivity contribution in [2.45, 2.75) is 37.8 Å². The Morgan fingerprint density at radius 2 is 2.58 bits per heavy atom. The van der Waals surface area contributed by atoms with Crippen LogP contribution in [0.3, 0.4) is 0 Å². The molecule has 0 saturated carbocycles. The van der Waals surface area contributed by atoms with Gasteiger partial charge in [0.2, 0.25) is 0 Å². The van der Waals surface area contributed by atoms with E-state index in [1.54, 1.807) is 0 Å². The van der Waals surface area contributed by atoms with Gasteiger partial charge in [0.1, 0.15) is 0 Å². The van der Waals surface area contributed by atoms with Gasteiger partial charge in [0.15, 0.2) is 0 Å². The third kappa shape index (κ3) is 2.93. The second kappa shape index (κ2) is 5.30. The fourth-order valence-corrected chi connectivity index (χ4v) is 1.51. The molecule has 3 heteroatoms. The molecule has 0 aromatic rings. The maximum atomic E-state index is 5.49. The molecule has 1 aliphatic rings. The van der Waals surface area contributed by atoms with Gasteiger partial charge in [0.25, 0.3) is 0 Å². The van der Waals surface area contributed by atoms with E-state index in [1.165, 1.54) is 12.8 Å². The molecule has 1 saturated heterocycles. The molecule has 1 fully saturated rings.